The van der Waals surface area contributed by atoms with Crippen LogP contribution in [0.5, 0.6) is 0 Å². The molecule has 0 saturated heterocycles. The first-order valence-electron chi connectivity index (χ1n) is 7.06. The maximum absolute atomic E-state index is 12.3. The fraction of sp³-hybridized carbons (Fsp3) is 0.125. The van der Waals surface area contributed by atoms with Crippen molar-refractivity contribution in [1.82, 2.24) is 4.98 Å². The van der Waals surface area contributed by atoms with E-state index in [1.54, 1.807) is 0 Å². The Morgan fingerprint density at radius 2 is 2.04 bits per heavy atom. The Hall–Kier alpha value is -3.42. The summed E-state index contributed by atoms with van der Waals surface area (Å²) in [5.41, 5.74) is 0.873. The Labute approximate surface area is 136 Å². The summed E-state index contributed by atoms with van der Waals surface area (Å²) in [6, 6.07) is 10.4. The Morgan fingerprint density at radius 3 is 2.75 bits per heavy atom. The number of ether oxygens (including phenoxy) is 1. The molecule has 0 saturated carbocycles. The van der Waals surface area contributed by atoms with Gasteiger partial charge < -0.3 is 15.2 Å². The summed E-state index contributed by atoms with van der Waals surface area (Å²) in [5, 5.41) is 11.5. The summed E-state index contributed by atoms with van der Waals surface area (Å²) in [6.45, 7) is -0.194. The van der Waals surface area contributed by atoms with Crippen LogP contribution in [-0.4, -0.2) is 34.6 Å². The van der Waals surface area contributed by atoms with E-state index in [0.717, 1.165) is 16.7 Å². The van der Waals surface area contributed by atoms with Crippen LogP contribution in [0, 0.1) is 0 Å². The zero-order valence-electron chi connectivity index (χ0n) is 12.4. The van der Waals surface area contributed by atoms with Gasteiger partial charge in [0.05, 0.1) is 11.3 Å². The number of nitrogens with zero attached hydrogens (tertiary/aromatic N) is 2. The lowest BCUT2D eigenvalue weighted by Crippen LogP contribution is -2.43. The maximum atomic E-state index is 12.3. The highest BCUT2D eigenvalue weighted by Crippen LogP contribution is 2.28. The van der Waals surface area contributed by atoms with Gasteiger partial charge in [0.1, 0.15) is 13.2 Å². The molecule has 0 fully saturated rings. The Bertz CT molecular complexity index is 807. The molecular weight excluding hydrogens is 314 g/mol. The SMILES string of the molecule is O=C1CN(C(=O)OCc2ccccc2)c2ncc(C(=O)O)cc2N1. The molecule has 1 aliphatic heterocycles. The molecule has 0 bridgehead atoms. The van der Waals surface area contributed by atoms with Gasteiger partial charge in [0, 0.05) is 6.20 Å². The lowest BCUT2D eigenvalue weighted by Gasteiger charge is -2.27. The summed E-state index contributed by atoms with van der Waals surface area (Å²) in [5.74, 6) is -1.48. The monoisotopic (exact) mass is 327 g/mol. The van der Waals surface area contributed by atoms with Gasteiger partial charge in [-0.3, -0.25) is 9.69 Å². The molecule has 0 aliphatic carbocycles. The van der Waals surface area contributed by atoms with E-state index >= 15 is 0 Å². The molecule has 0 unspecified atom stereocenters. The third kappa shape index (κ3) is 3.17. The van der Waals surface area contributed by atoms with Crippen molar-refractivity contribution in [2.45, 2.75) is 6.61 Å². The second kappa shape index (κ2) is 6.37. The van der Waals surface area contributed by atoms with Crippen molar-refractivity contribution in [2.24, 2.45) is 0 Å². The second-order valence-corrected chi connectivity index (χ2v) is 5.07. The summed E-state index contributed by atoms with van der Waals surface area (Å²) in [6.07, 6.45) is 0.390. The van der Waals surface area contributed by atoms with Crippen LogP contribution in [0.15, 0.2) is 42.6 Å². The molecule has 8 heteroatoms. The zero-order valence-corrected chi connectivity index (χ0v) is 12.4. The first kappa shape index (κ1) is 15.5. The minimum atomic E-state index is -1.18. The first-order valence-corrected chi connectivity index (χ1v) is 7.06. The molecule has 1 aromatic heterocycles. The number of carboxylic acid groups (broad SMARTS) is 1. The lowest BCUT2D eigenvalue weighted by atomic mass is 10.2. The molecule has 2 aromatic rings. The number of hydrogen-bond acceptors (Lipinski definition) is 5. The minimum Gasteiger partial charge on any atom is -0.478 e. The number of pyridine rings is 1. The normalized spacial score (nSPS) is 13.0. The number of rotatable bonds is 3. The van der Waals surface area contributed by atoms with E-state index in [-0.39, 0.29) is 30.2 Å². The van der Waals surface area contributed by atoms with E-state index < -0.39 is 18.0 Å². The van der Waals surface area contributed by atoms with E-state index in [2.05, 4.69) is 10.3 Å². The van der Waals surface area contributed by atoms with Crippen molar-refractivity contribution in [2.75, 3.05) is 16.8 Å². The van der Waals surface area contributed by atoms with E-state index in [1.165, 1.54) is 6.07 Å². The maximum Gasteiger partial charge on any atom is 0.416 e. The predicted octanol–water partition coefficient (Wildman–Crippen LogP) is 1.88. The number of nitrogens with one attached hydrogen (secondary N) is 1. The molecule has 0 radical (unpaired) electrons. The van der Waals surface area contributed by atoms with Gasteiger partial charge in [-0.05, 0) is 11.6 Å². The average molecular weight is 327 g/mol. The number of anilines is 2. The van der Waals surface area contributed by atoms with Crippen molar-refractivity contribution in [1.29, 1.82) is 0 Å². The van der Waals surface area contributed by atoms with Crippen LogP contribution in [0.2, 0.25) is 0 Å². The summed E-state index contributed by atoms with van der Waals surface area (Å²) in [7, 11) is 0. The molecule has 2 N–H and O–H groups in total. The highest BCUT2D eigenvalue weighted by Gasteiger charge is 2.30. The Balaban J connectivity index is 1.80. The lowest BCUT2D eigenvalue weighted by molar-refractivity contribution is -0.115. The van der Waals surface area contributed by atoms with Crippen LogP contribution in [0.3, 0.4) is 0 Å². The number of fused-ring (bicyclic) bond motifs is 1. The summed E-state index contributed by atoms with van der Waals surface area (Å²) < 4.78 is 5.20. The zero-order chi connectivity index (χ0) is 17.1. The molecule has 2 amide bonds. The van der Waals surface area contributed by atoms with Gasteiger partial charge in [-0.15, -0.1) is 0 Å². The topological polar surface area (TPSA) is 109 Å². The van der Waals surface area contributed by atoms with E-state index in [1.807, 2.05) is 30.3 Å². The van der Waals surface area contributed by atoms with E-state index in [9.17, 15) is 14.4 Å². The fourth-order valence-electron chi connectivity index (χ4n) is 2.24. The van der Waals surface area contributed by atoms with Gasteiger partial charge >= 0.3 is 12.1 Å². The van der Waals surface area contributed by atoms with Crippen molar-refractivity contribution < 1.29 is 24.2 Å². The molecular formula is C16H13N3O5. The van der Waals surface area contributed by atoms with Gasteiger partial charge in [-0.1, -0.05) is 30.3 Å². The van der Waals surface area contributed by atoms with Crippen LogP contribution >= 0.6 is 0 Å². The number of benzene rings is 1. The molecule has 3 rings (SSSR count). The van der Waals surface area contributed by atoms with Gasteiger partial charge in [-0.25, -0.2) is 14.6 Å². The molecule has 0 atom stereocenters. The number of amides is 2. The summed E-state index contributed by atoms with van der Waals surface area (Å²) in [4.78, 5) is 40.0. The van der Waals surface area contributed by atoms with Crippen LogP contribution in [0.1, 0.15) is 15.9 Å². The van der Waals surface area contributed by atoms with Crippen LogP contribution in [-0.2, 0) is 16.1 Å². The summed E-state index contributed by atoms with van der Waals surface area (Å²) >= 11 is 0. The quantitative estimate of drug-likeness (QED) is 0.891. The van der Waals surface area contributed by atoms with Crippen LogP contribution < -0.4 is 10.2 Å². The van der Waals surface area contributed by atoms with Crippen molar-refractivity contribution in [3.05, 3.63) is 53.7 Å². The number of carbonyl (C=O) groups excluding carboxylic acids is 2. The molecule has 8 nitrogen and oxygen atoms in total. The molecule has 2 heterocycles. The Kier molecular flexibility index (Phi) is 4.11. The van der Waals surface area contributed by atoms with Crippen molar-refractivity contribution in [3.8, 4) is 0 Å². The largest absolute Gasteiger partial charge is 0.478 e. The van der Waals surface area contributed by atoms with Crippen LogP contribution in [0.4, 0.5) is 16.3 Å². The van der Waals surface area contributed by atoms with E-state index in [4.69, 9.17) is 9.84 Å². The second-order valence-electron chi connectivity index (χ2n) is 5.07. The van der Waals surface area contributed by atoms with Gasteiger partial charge in [0.25, 0.3) is 0 Å². The molecule has 122 valence electrons. The molecule has 0 spiro atoms. The third-order valence-corrected chi connectivity index (χ3v) is 3.37. The molecule has 1 aliphatic rings. The first-order chi connectivity index (χ1) is 11.5. The molecule has 24 heavy (non-hydrogen) atoms. The highest BCUT2D eigenvalue weighted by molar-refractivity contribution is 6.08. The van der Waals surface area contributed by atoms with Gasteiger partial charge in [0.15, 0.2) is 5.82 Å². The van der Waals surface area contributed by atoms with Crippen molar-refractivity contribution in [3.63, 3.8) is 0 Å². The van der Waals surface area contributed by atoms with Gasteiger partial charge in [0.2, 0.25) is 5.91 Å². The minimum absolute atomic E-state index is 0.0559. The average Bonchev–Trinajstić information content (AvgIpc) is 2.59. The number of aromatic carboxylic acids is 1. The number of carboxylic acids is 1. The number of carbonyl (C=O) groups is 3. The fourth-order valence-corrected chi connectivity index (χ4v) is 2.24. The number of hydrogen-bond donors (Lipinski definition) is 2. The predicted molar refractivity (Wildman–Crippen MR) is 83.8 cm³/mol. The molecule has 1 aromatic carbocycles. The van der Waals surface area contributed by atoms with E-state index in [0.29, 0.717) is 0 Å². The third-order valence-electron chi connectivity index (χ3n) is 3.37. The van der Waals surface area contributed by atoms with Crippen LogP contribution in [0.25, 0.3) is 0 Å². The van der Waals surface area contributed by atoms with Gasteiger partial charge in [-0.2, -0.15) is 0 Å². The number of aromatic nitrogens is 1. The van der Waals surface area contributed by atoms with Crippen molar-refractivity contribution >= 4 is 29.5 Å². The standard InChI is InChI=1S/C16H13N3O5/c20-13-8-19(16(23)24-9-10-4-2-1-3-5-10)14-12(18-13)6-11(7-17-14)15(21)22/h1-7H,8-9H2,(H,18,20)(H,21,22). The smallest absolute Gasteiger partial charge is 0.416 e. The Morgan fingerprint density at radius 1 is 1.29 bits per heavy atom. The highest BCUT2D eigenvalue weighted by atomic mass is 16.6.